The van der Waals surface area contributed by atoms with Crippen LogP contribution in [0.15, 0.2) is 182 Å². The molecule has 4 heterocycles. The summed E-state index contributed by atoms with van der Waals surface area (Å²) in [4.78, 5) is 15.2. The number of hydrogen-bond donors (Lipinski definition) is 0. The molecule has 0 spiro atoms. The average Bonchev–Trinajstić information content (AvgIpc) is 3.84. The number of rotatable bonds is 6. The van der Waals surface area contributed by atoms with Crippen LogP contribution in [0.2, 0.25) is 0 Å². The van der Waals surface area contributed by atoms with E-state index in [2.05, 4.69) is 176 Å². The van der Waals surface area contributed by atoms with Crippen molar-refractivity contribution < 1.29 is 0 Å². The third-order valence-corrected chi connectivity index (χ3v) is 13.2. The molecule has 0 unspecified atom stereocenters. The van der Waals surface area contributed by atoms with Crippen molar-refractivity contribution in [3.8, 4) is 67.3 Å². The Morgan fingerprint density at radius 1 is 0.368 bits per heavy atom. The predicted molar refractivity (Wildman–Crippen MR) is 243 cm³/mol. The van der Waals surface area contributed by atoms with Crippen molar-refractivity contribution in [1.29, 1.82) is 0 Å². The van der Waals surface area contributed by atoms with Crippen LogP contribution in [0.1, 0.15) is 5.56 Å². The van der Waals surface area contributed by atoms with Crippen LogP contribution in [-0.2, 0) is 0 Å². The van der Waals surface area contributed by atoms with Crippen molar-refractivity contribution in [3.63, 3.8) is 0 Å². The lowest BCUT2D eigenvalue weighted by Crippen LogP contribution is -1.98. The van der Waals surface area contributed by atoms with Crippen molar-refractivity contribution in [1.82, 2.24) is 15.0 Å². The number of thiophene rings is 2. The predicted octanol–water partition coefficient (Wildman–Crippen LogP) is 14.9. The molecule has 11 aromatic rings. The van der Waals surface area contributed by atoms with Crippen LogP contribution in [-0.4, -0.2) is 15.0 Å². The fourth-order valence-electron chi connectivity index (χ4n) is 8.09. The maximum Gasteiger partial charge on any atom is 0.160 e. The highest BCUT2D eigenvalue weighted by Gasteiger charge is 2.18. The van der Waals surface area contributed by atoms with E-state index >= 15 is 0 Å². The number of hydrogen-bond acceptors (Lipinski definition) is 5. The molecule has 7 aromatic carbocycles. The molecule has 0 saturated carbocycles. The summed E-state index contributed by atoms with van der Waals surface area (Å²) in [6, 6.07) is 61.2. The SMILES string of the molecule is Cc1ccccc1-c1cc(-c2ccccc2-c2cccnc2)nc(-c2cc(-c3ccc4sc5ccccc5c4c3)cc(-c3ccc4sc5ccccc5c4c3)c2)n1. The van der Waals surface area contributed by atoms with Crippen LogP contribution in [0.25, 0.3) is 108 Å². The Balaban J connectivity index is 1.16. The highest BCUT2D eigenvalue weighted by Crippen LogP contribution is 2.41. The number of aromatic nitrogens is 3. The second-order valence-electron chi connectivity index (χ2n) is 14.5. The summed E-state index contributed by atoms with van der Waals surface area (Å²) in [5.74, 6) is 0.680. The minimum absolute atomic E-state index is 0.680. The standard InChI is InChI=1S/C52H33N3S2/c1-32-11-2-3-13-39(32)46-30-47(41-15-5-4-14-40(41)35-12-10-24-53-31-35)55-52(54-46)38-26-36(33-20-22-50-44(28-33)42-16-6-8-18-48(42)56-50)25-37(27-38)34-21-23-51-45(29-34)43-17-7-9-19-49(43)57-51/h2-31H,1H3. The van der Waals surface area contributed by atoms with Crippen LogP contribution < -0.4 is 0 Å². The van der Waals surface area contributed by atoms with Gasteiger partial charge in [0.25, 0.3) is 0 Å². The summed E-state index contributed by atoms with van der Waals surface area (Å²) in [7, 11) is 0. The number of fused-ring (bicyclic) bond motifs is 6. The number of benzene rings is 7. The number of nitrogens with zero attached hydrogens (tertiary/aromatic N) is 3. The zero-order valence-electron chi connectivity index (χ0n) is 31.0. The fraction of sp³-hybridized carbons (Fsp3) is 0.0192. The third-order valence-electron chi connectivity index (χ3n) is 10.9. The lowest BCUT2D eigenvalue weighted by atomic mass is 9.94. The Kier molecular flexibility index (Phi) is 8.09. The zero-order chi connectivity index (χ0) is 37.9. The molecular weight excluding hydrogens is 731 g/mol. The van der Waals surface area contributed by atoms with Gasteiger partial charge in [-0.1, -0.05) is 103 Å². The van der Waals surface area contributed by atoms with E-state index in [1.807, 2.05) is 41.1 Å². The van der Waals surface area contributed by atoms with Crippen LogP contribution in [0, 0.1) is 6.92 Å². The smallest absolute Gasteiger partial charge is 0.160 e. The Labute approximate surface area is 338 Å². The van der Waals surface area contributed by atoms with Gasteiger partial charge in [-0.2, -0.15) is 0 Å². The fourth-order valence-corrected chi connectivity index (χ4v) is 10.3. The summed E-state index contributed by atoms with van der Waals surface area (Å²) >= 11 is 3.69. The molecule has 0 atom stereocenters. The Morgan fingerprint density at radius 2 is 0.895 bits per heavy atom. The van der Waals surface area contributed by atoms with Gasteiger partial charge in [-0.3, -0.25) is 4.98 Å². The first kappa shape index (κ1) is 33.5. The molecule has 0 fully saturated rings. The molecule has 0 radical (unpaired) electrons. The molecule has 0 amide bonds. The van der Waals surface area contributed by atoms with E-state index in [1.54, 1.807) is 0 Å². The van der Waals surface area contributed by atoms with Gasteiger partial charge < -0.3 is 0 Å². The molecule has 0 aliphatic heterocycles. The van der Waals surface area contributed by atoms with Crippen molar-refractivity contribution >= 4 is 63.0 Å². The van der Waals surface area contributed by atoms with Gasteiger partial charge in [-0.15, -0.1) is 22.7 Å². The maximum atomic E-state index is 5.42. The lowest BCUT2D eigenvalue weighted by Gasteiger charge is -2.15. The summed E-state index contributed by atoms with van der Waals surface area (Å²) in [6.07, 6.45) is 3.73. The van der Waals surface area contributed by atoms with Crippen LogP contribution >= 0.6 is 22.7 Å². The molecule has 11 rings (SSSR count). The molecule has 57 heavy (non-hydrogen) atoms. The summed E-state index contributed by atoms with van der Waals surface area (Å²) < 4.78 is 5.18. The van der Waals surface area contributed by atoms with E-state index in [0.29, 0.717) is 5.82 Å². The zero-order valence-corrected chi connectivity index (χ0v) is 32.6. The molecule has 0 aliphatic carbocycles. The number of aryl methyl sites for hydroxylation is 1. The highest BCUT2D eigenvalue weighted by molar-refractivity contribution is 7.26. The van der Waals surface area contributed by atoms with E-state index in [-0.39, 0.29) is 0 Å². The van der Waals surface area contributed by atoms with Gasteiger partial charge in [0.2, 0.25) is 0 Å². The second-order valence-corrected chi connectivity index (χ2v) is 16.6. The Bertz CT molecular complexity index is 3190. The van der Waals surface area contributed by atoms with Crippen LogP contribution in [0.3, 0.4) is 0 Å². The van der Waals surface area contributed by atoms with Crippen molar-refractivity contribution in [2.75, 3.05) is 0 Å². The molecule has 268 valence electrons. The Hall–Kier alpha value is -6.79. The molecule has 5 heteroatoms. The first-order valence-electron chi connectivity index (χ1n) is 19.1. The summed E-state index contributed by atoms with van der Waals surface area (Å²) in [5.41, 5.74) is 12.7. The van der Waals surface area contributed by atoms with E-state index in [4.69, 9.17) is 9.97 Å². The van der Waals surface area contributed by atoms with Gasteiger partial charge in [0.1, 0.15) is 0 Å². The van der Waals surface area contributed by atoms with Gasteiger partial charge in [0, 0.05) is 75.0 Å². The quantitative estimate of drug-likeness (QED) is 0.169. The topological polar surface area (TPSA) is 38.7 Å². The van der Waals surface area contributed by atoms with Gasteiger partial charge >= 0.3 is 0 Å². The molecule has 4 aromatic heterocycles. The molecule has 0 N–H and O–H groups in total. The van der Waals surface area contributed by atoms with E-state index in [0.717, 1.165) is 67.0 Å². The van der Waals surface area contributed by atoms with Crippen molar-refractivity contribution in [2.45, 2.75) is 6.92 Å². The van der Waals surface area contributed by atoms with Crippen LogP contribution in [0.5, 0.6) is 0 Å². The van der Waals surface area contributed by atoms with E-state index in [9.17, 15) is 0 Å². The first-order valence-corrected chi connectivity index (χ1v) is 20.7. The largest absolute Gasteiger partial charge is 0.264 e. The molecular formula is C52H33N3S2. The van der Waals surface area contributed by atoms with Gasteiger partial charge in [-0.05, 0) is 107 Å². The van der Waals surface area contributed by atoms with E-state index in [1.165, 1.54) is 40.3 Å². The normalized spacial score (nSPS) is 11.6. The molecule has 3 nitrogen and oxygen atoms in total. The van der Waals surface area contributed by atoms with Gasteiger partial charge in [0.15, 0.2) is 5.82 Å². The van der Waals surface area contributed by atoms with Crippen molar-refractivity contribution in [3.05, 3.63) is 188 Å². The number of pyridine rings is 1. The molecule has 0 bridgehead atoms. The minimum Gasteiger partial charge on any atom is -0.264 e. The highest BCUT2D eigenvalue weighted by atomic mass is 32.1. The minimum atomic E-state index is 0.680. The van der Waals surface area contributed by atoms with Crippen molar-refractivity contribution in [2.24, 2.45) is 0 Å². The summed E-state index contributed by atoms with van der Waals surface area (Å²) in [6.45, 7) is 2.15. The second kappa shape index (κ2) is 13.7. The Morgan fingerprint density at radius 3 is 1.51 bits per heavy atom. The first-order chi connectivity index (χ1) is 28.1. The lowest BCUT2D eigenvalue weighted by molar-refractivity contribution is 1.18. The maximum absolute atomic E-state index is 5.42. The monoisotopic (exact) mass is 763 g/mol. The van der Waals surface area contributed by atoms with E-state index < -0.39 is 0 Å². The molecule has 0 saturated heterocycles. The van der Waals surface area contributed by atoms with Gasteiger partial charge in [-0.25, -0.2) is 9.97 Å². The molecule has 0 aliphatic rings. The third kappa shape index (κ3) is 6.00. The average molecular weight is 764 g/mol. The summed E-state index contributed by atoms with van der Waals surface area (Å²) in [5, 5.41) is 5.13. The van der Waals surface area contributed by atoms with Gasteiger partial charge in [0.05, 0.1) is 11.4 Å². The van der Waals surface area contributed by atoms with Crippen LogP contribution in [0.4, 0.5) is 0 Å².